The van der Waals surface area contributed by atoms with E-state index in [-0.39, 0.29) is 11.9 Å². The first-order valence-corrected chi connectivity index (χ1v) is 10.6. The second-order valence-corrected chi connectivity index (χ2v) is 8.14. The average molecular weight is 383 g/mol. The molecule has 1 aliphatic heterocycles. The Bertz CT molecular complexity index is 1100. The molecule has 146 valence electrons. The molecule has 0 saturated carbocycles. The highest BCUT2D eigenvalue weighted by Crippen LogP contribution is 2.50. The highest BCUT2D eigenvalue weighted by molar-refractivity contribution is 5.95. The lowest BCUT2D eigenvalue weighted by Crippen LogP contribution is -2.30. The fourth-order valence-corrected chi connectivity index (χ4v) is 4.81. The third-order valence-corrected chi connectivity index (χ3v) is 6.29. The van der Waals surface area contributed by atoms with Crippen LogP contribution in [-0.2, 0) is 0 Å². The van der Waals surface area contributed by atoms with Gasteiger partial charge in [0.05, 0.1) is 6.04 Å². The van der Waals surface area contributed by atoms with E-state index in [1.54, 1.807) is 0 Å². The van der Waals surface area contributed by atoms with E-state index < -0.39 is 0 Å². The van der Waals surface area contributed by atoms with Gasteiger partial charge in [-0.15, -0.1) is 0 Å². The van der Waals surface area contributed by atoms with E-state index in [0.717, 1.165) is 24.1 Å². The third-order valence-electron chi connectivity index (χ3n) is 6.29. The summed E-state index contributed by atoms with van der Waals surface area (Å²) in [6.07, 6.45) is 6.62. The predicted molar refractivity (Wildman–Crippen MR) is 119 cm³/mol. The number of amides is 1. The number of fused-ring (bicyclic) bond motifs is 4. The number of nitrogens with one attached hydrogen (secondary N) is 2. The quantitative estimate of drug-likeness (QED) is 0.559. The Morgan fingerprint density at radius 1 is 1.07 bits per heavy atom. The zero-order valence-corrected chi connectivity index (χ0v) is 16.7. The van der Waals surface area contributed by atoms with Crippen LogP contribution in [0.4, 0.5) is 5.69 Å². The molecule has 2 aliphatic rings. The van der Waals surface area contributed by atoms with Gasteiger partial charge in [-0.2, -0.15) is 0 Å². The van der Waals surface area contributed by atoms with Crippen molar-refractivity contribution in [2.24, 2.45) is 5.92 Å². The summed E-state index contributed by atoms with van der Waals surface area (Å²) in [5, 5.41) is 9.33. The summed E-state index contributed by atoms with van der Waals surface area (Å²) in [6, 6.07) is 21.7. The zero-order valence-electron chi connectivity index (χ0n) is 16.7. The molecule has 0 spiro atoms. The van der Waals surface area contributed by atoms with Gasteiger partial charge in [-0.3, -0.25) is 4.79 Å². The van der Waals surface area contributed by atoms with Gasteiger partial charge in [-0.25, -0.2) is 0 Å². The van der Waals surface area contributed by atoms with Crippen molar-refractivity contribution in [3.63, 3.8) is 0 Å². The summed E-state index contributed by atoms with van der Waals surface area (Å²) in [4.78, 5) is 12.4. The number of rotatable bonds is 4. The number of carbonyl (C=O) groups is 1. The summed E-state index contributed by atoms with van der Waals surface area (Å²) in [6.45, 7) is 2.78. The van der Waals surface area contributed by atoms with Crippen LogP contribution in [-0.4, -0.2) is 12.5 Å². The maximum atomic E-state index is 12.4. The minimum atomic E-state index is 0.0184. The lowest BCUT2D eigenvalue weighted by molar-refractivity contribution is 0.0953. The van der Waals surface area contributed by atoms with Crippen LogP contribution in [0.25, 0.3) is 10.8 Å². The minimum Gasteiger partial charge on any atom is -0.378 e. The first-order valence-electron chi connectivity index (χ1n) is 10.6. The van der Waals surface area contributed by atoms with Gasteiger partial charge in [-0.05, 0) is 64.9 Å². The van der Waals surface area contributed by atoms with Crippen LogP contribution in [0.15, 0.2) is 72.8 Å². The van der Waals surface area contributed by atoms with Crippen LogP contribution >= 0.6 is 0 Å². The van der Waals surface area contributed by atoms with Crippen molar-refractivity contribution in [1.82, 2.24) is 5.32 Å². The van der Waals surface area contributed by atoms with Crippen LogP contribution in [0.3, 0.4) is 0 Å². The highest BCUT2D eigenvalue weighted by Gasteiger charge is 2.38. The topological polar surface area (TPSA) is 41.1 Å². The molecule has 1 amide bonds. The molecule has 0 fully saturated rings. The molecule has 29 heavy (non-hydrogen) atoms. The van der Waals surface area contributed by atoms with Gasteiger partial charge >= 0.3 is 0 Å². The molecule has 0 radical (unpaired) electrons. The standard InChI is InChI=1S/C26H26N2O/c1-2-14-27-26(29)20-12-13-24-23(16-20)21-8-5-9-22(21)25(28-24)19-11-10-17-6-3-4-7-18(17)15-19/h3-8,10-13,15-16,21-22,25,28H,2,9,14H2,1H3,(H,27,29). The van der Waals surface area contributed by atoms with Crippen molar-refractivity contribution in [3.8, 4) is 0 Å². The molecule has 2 N–H and O–H groups in total. The van der Waals surface area contributed by atoms with E-state index in [1.165, 1.54) is 21.9 Å². The fourth-order valence-electron chi connectivity index (χ4n) is 4.81. The molecule has 3 nitrogen and oxygen atoms in total. The van der Waals surface area contributed by atoms with Gasteiger partial charge in [0.2, 0.25) is 0 Å². The molecule has 1 heterocycles. The van der Waals surface area contributed by atoms with Crippen LogP contribution in [0.1, 0.15) is 53.2 Å². The van der Waals surface area contributed by atoms with E-state index in [4.69, 9.17) is 0 Å². The molecular formula is C26H26N2O. The molecule has 5 rings (SSSR count). The number of hydrogen-bond donors (Lipinski definition) is 2. The van der Waals surface area contributed by atoms with Crippen molar-refractivity contribution >= 4 is 22.4 Å². The van der Waals surface area contributed by atoms with Gasteiger partial charge in [0.15, 0.2) is 0 Å². The number of benzene rings is 3. The Labute approximate surface area is 171 Å². The van der Waals surface area contributed by atoms with Gasteiger partial charge in [-0.1, -0.05) is 55.5 Å². The van der Waals surface area contributed by atoms with Crippen LogP contribution < -0.4 is 10.6 Å². The molecule has 3 unspecified atom stereocenters. The number of carbonyl (C=O) groups excluding carboxylic acids is 1. The molecule has 0 saturated heterocycles. The van der Waals surface area contributed by atoms with E-state index in [1.807, 2.05) is 6.07 Å². The predicted octanol–water partition coefficient (Wildman–Crippen LogP) is 5.81. The average Bonchev–Trinajstić information content (AvgIpc) is 3.26. The first kappa shape index (κ1) is 18.0. The lowest BCUT2D eigenvalue weighted by Gasteiger charge is -2.37. The van der Waals surface area contributed by atoms with Crippen LogP contribution in [0.2, 0.25) is 0 Å². The molecule has 3 aromatic carbocycles. The summed E-state index contributed by atoms with van der Waals surface area (Å²) < 4.78 is 0. The largest absolute Gasteiger partial charge is 0.378 e. The number of allylic oxidation sites excluding steroid dienone is 2. The fraction of sp³-hybridized carbons (Fsp3) is 0.269. The Kier molecular flexibility index (Phi) is 4.59. The number of hydrogen-bond acceptors (Lipinski definition) is 2. The van der Waals surface area contributed by atoms with Crippen molar-refractivity contribution < 1.29 is 4.79 Å². The Morgan fingerprint density at radius 2 is 1.93 bits per heavy atom. The molecule has 3 atom stereocenters. The SMILES string of the molecule is CCCNC(=O)c1ccc2c(c1)C1C=CCC1C(c1ccc3ccccc3c1)N2. The lowest BCUT2D eigenvalue weighted by atomic mass is 9.76. The summed E-state index contributed by atoms with van der Waals surface area (Å²) >= 11 is 0. The van der Waals surface area contributed by atoms with Crippen molar-refractivity contribution in [3.05, 3.63) is 89.5 Å². The zero-order chi connectivity index (χ0) is 19.8. The Morgan fingerprint density at radius 3 is 2.79 bits per heavy atom. The molecular weight excluding hydrogens is 356 g/mol. The minimum absolute atomic E-state index is 0.0184. The van der Waals surface area contributed by atoms with E-state index in [9.17, 15) is 4.79 Å². The second kappa shape index (κ2) is 7.40. The van der Waals surface area contributed by atoms with Gasteiger partial charge in [0.1, 0.15) is 0 Å². The van der Waals surface area contributed by atoms with Crippen molar-refractivity contribution in [1.29, 1.82) is 0 Å². The third kappa shape index (κ3) is 3.21. The van der Waals surface area contributed by atoms with Crippen LogP contribution in [0, 0.1) is 5.92 Å². The maximum Gasteiger partial charge on any atom is 0.251 e. The Hall–Kier alpha value is -3.07. The monoisotopic (exact) mass is 382 g/mol. The molecule has 3 aromatic rings. The molecule has 3 heteroatoms. The second-order valence-electron chi connectivity index (χ2n) is 8.14. The summed E-state index contributed by atoms with van der Waals surface area (Å²) in [7, 11) is 0. The number of anilines is 1. The first-order chi connectivity index (χ1) is 14.2. The smallest absolute Gasteiger partial charge is 0.251 e. The van der Waals surface area contributed by atoms with E-state index in [2.05, 4.69) is 84.3 Å². The highest BCUT2D eigenvalue weighted by atomic mass is 16.1. The van der Waals surface area contributed by atoms with Crippen molar-refractivity contribution in [2.75, 3.05) is 11.9 Å². The van der Waals surface area contributed by atoms with Gasteiger partial charge in [0, 0.05) is 23.7 Å². The van der Waals surface area contributed by atoms with Crippen molar-refractivity contribution in [2.45, 2.75) is 31.7 Å². The van der Waals surface area contributed by atoms with Crippen LogP contribution in [0.5, 0.6) is 0 Å². The maximum absolute atomic E-state index is 12.4. The molecule has 0 aromatic heterocycles. The molecule has 1 aliphatic carbocycles. The Balaban J connectivity index is 1.50. The van der Waals surface area contributed by atoms with E-state index >= 15 is 0 Å². The normalized spacial score (nSPS) is 22.0. The van der Waals surface area contributed by atoms with Gasteiger partial charge in [0.25, 0.3) is 5.91 Å². The molecule has 0 bridgehead atoms. The van der Waals surface area contributed by atoms with E-state index in [0.29, 0.717) is 18.4 Å². The summed E-state index contributed by atoms with van der Waals surface area (Å²) in [5.74, 6) is 0.837. The van der Waals surface area contributed by atoms with Gasteiger partial charge < -0.3 is 10.6 Å². The summed E-state index contributed by atoms with van der Waals surface area (Å²) in [5.41, 5.74) is 4.47.